The lowest BCUT2D eigenvalue weighted by molar-refractivity contribution is 0.312. The summed E-state index contributed by atoms with van der Waals surface area (Å²) in [5, 5.41) is 12.0. The quantitative estimate of drug-likeness (QED) is 0.524. The van der Waals surface area contributed by atoms with Crippen molar-refractivity contribution in [2.45, 2.75) is 24.3 Å². The van der Waals surface area contributed by atoms with E-state index in [0.29, 0.717) is 13.0 Å². The summed E-state index contributed by atoms with van der Waals surface area (Å²) in [4.78, 5) is 1.31. The first-order valence-electron chi connectivity index (χ1n) is 7.86. The fraction of sp³-hybridized carbons (Fsp3) is 0.316. The summed E-state index contributed by atoms with van der Waals surface area (Å²) in [5.41, 5.74) is 1.22. The predicted octanol–water partition coefficient (Wildman–Crippen LogP) is 4.25. The molecule has 0 bridgehead atoms. The second-order valence-corrected chi connectivity index (χ2v) is 6.26. The molecule has 0 heterocycles. The molecule has 1 N–H and O–H groups in total. The third-order valence-electron chi connectivity index (χ3n) is 3.22. The number of hydrogen-bond acceptors (Lipinski definition) is 4. The van der Waals surface area contributed by atoms with E-state index in [2.05, 4.69) is 47.8 Å². The Labute approximate surface area is 142 Å². The van der Waals surface area contributed by atoms with Crippen LogP contribution >= 0.6 is 11.8 Å². The van der Waals surface area contributed by atoms with Crippen molar-refractivity contribution in [3.63, 3.8) is 0 Å². The van der Waals surface area contributed by atoms with Gasteiger partial charge in [-0.3, -0.25) is 0 Å². The van der Waals surface area contributed by atoms with Crippen LogP contribution in [0, 0.1) is 11.3 Å². The van der Waals surface area contributed by atoms with E-state index in [9.17, 15) is 0 Å². The summed E-state index contributed by atoms with van der Waals surface area (Å²) < 4.78 is 5.65. The number of benzene rings is 2. The fourth-order valence-electron chi connectivity index (χ4n) is 2.08. The first-order chi connectivity index (χ1) is 11.4. The Bertz CT molecular complexity index is 610. The molecule has 0 atom stereocenters. The molecular formula is C19H22N2OS. The molecule has 0 saturated carbocycles. The van der Waals surface area contributed by atoms with Crippen LogP contribution in [0.2, 0.25) is 0 Å². The first-order valence-corrected chi connectivity index (χ1v) is 8.84. The molecule has 120 valence electrons. The molecule has 0 radical (unpaired) electrons. The fourth-order valence-corrected chi connectivity index (χ4v) is 2.91. The van der Waals surface area contributed by atoms with Gasteiger partial charge in [-0.05, 0) is 36.2 Å². The van der Waals surface area contributed by atoms with Gasteiger partial charge in [0.15, 0.2) is 0 Å². The lowest BCUT2D eigenvalue weighted by Crippen LogP contribution is -2.16. The van der Waals surface area contributed by atoms with Crippen LogP contribution in [0.4, 0.5) is 0 Å². The second kappa shape index (κ2) is 10.7. The highest BCUT2D eigenvalue weighted by Crippen LogP contribution is 2.16. The van der Waals surface area contributed by atoms with Crippen molar-refractivity contribution in [2.75, 3.05) is 18.9 Å². The van der Waals surface area contributed by atoms with E-state index in [4.69, 9.17) is 10.00 Å². The molecule has 0 saturated heterocycles. The van der Waals surface area contributed by atoms with E-state index >= 15 is 0 Å². The monoisotopic (exact) mass is 326 g/mol. The molecule has 0 aliphatic carbocycles. The molecule has 23 heavy (non-hydrogen) atoms. The van der Waals surface area contributed by atoms with E-state index in [-0.39, 0.29) is 0 Å². The van der Waals surface area contributed by atoms with Crippen molar-refractivity contribution in [2.24, 2.45) is 0 Å². The molecule has 4 heteroatoms. The van der Waals surface area contributed by atoms with Crippen LogP contribution in [-0.4, -0.2) is 18.9 Å². The van der Waals surface area contributed by atoms with Gasteiger partial charge >= 0.3 is 0 Å². The number of nitrogens with one attached hydrogen (secondary N) is 1. The highest BCUT2D eigenvalue weighted by molar-refractivity contribution is 7.99. The molecular weight excluding hydrogens is 304 g/mol. The van der Waals surface area contributed by atoms with Crippen LogP contribution in [0.25, 0.3) is 0 Å². The molecule has 3 nitrogen and oxygen atoms in total. The smallest absolute Gasteiger partial charge is 0.119 e. The van der Waals surface area contributed by atoms with Crippen molar-refractivity contribution in [3.05, 3.63) is 60.2 Å². The van der Waals surface area contributed by atoms with Gasteiger partial charge in [-0.15, -0.1) is 11.8 Å². The predicted molar refractivity (Wildman–Crippen MR) is 95.7 cm³/mol. The lowest BCUT2D eigenvalue weighted by atomic mass is 10.2. The summed E-state index contributed by atoms with van der Waals surface area (Å²) in [6, 6.07) is 20.7. The molecule has 0 amide bonds. The normalized spacial score (nSPS) is 10.2. The second-order valence-electron chi connectivity index (χ2n) is 5.10. The third-order valence-corrected chi connectivity index (χ3v) is 4.23. The number of thioether (sulfide) groups is 1. The van der Waals surface area contributed by atoms with Crippen LogP contribution in [-0.2, 0) is 6.54 Å². The Hall–Kier alpha value is -1.96. The van der Waals surface area contributed by atoms with Crippen molar-refractivity contribution < 1.29 is 4.74 Å². The van der Waals surface area contributed by atoms with Crippen LogP contribution in [0.15, 0.2) is 59.5 Å². The van der Waals surface area contributed by atoms with Gasteiger partial charge in [-0.25, -0.2) is 0 Å². The van der Waals surface area contributed by atoms with Crippen LogP contribution < -0.4 is 10.1 Å². The Kier molecular flexibility index (Phi) is 8.10. The van der Waals surface area contributed by atoms with E-state index < -0.39 is 0 Å². The van der Waals surface area contributed by atoms with Gasteiger partial charge in [-0.1, -0.05) is 30.3 Å². The van der Waals surface area contributed by atoms with Crippen LogP contribution in [0.1, 0.15) is 18.4 Å². The minimum Gasteiger partial charge on any atom is -0.494 e. The van der Waals surface area contributed by atoms with Gasteiger partial charge < -0.3 is 10.1 Å². The maximum atomic E-state index is 8.51. The topological polar surface area (TPSA) is 45.0 Å². The average molecular weight is 326 g/mol. The Balaban J connectivity index is 1.64. The van der Waals surface area contributed by atoms with Crippen LogP contribution in [0.3, 0.4) is 0 Å². The first kappa shape index (κ1) is 17.4. The summed E-state index contributed by atoms with van der Waals surface area (Å²) in [5.74, 6) is 1.93. The molecule has 0 aromatic heterocycles. The molecule has 0 aliphatic heterocycles. The number of nitrogens with zero attached hydrogens (tertiary/aromatic N) is 1. The summed E-state index contributed by atoms with van der Waals surface area (Å²) in [7, 11) is 0. The number of unbranched alkanes of at least 4 members (excludes halogenated alkanes) is 1. The summed E-state index contributed by atoms with van der Waals surface area (Å²) in [6.45, 7) is 2.40. The Morgan fingerprint density at radius 3 is 2.78 bits per heavy atom. The van der Waals surface area contributed by atoms with Gasteiger partial charge in [0.25, 0.3) is 0 Å². The number of nitriles is 1. The van der Waals surface area contributed by atoms with E-state index in [1.807, 2.05) is 30.0 Å². The molecule has 2 aromatic rings. The van der Waals surface area contributed by atoms with Crippen molar-refractivity contribution in [1.82, 2.24) is 5.32 Å². The zero-order valence-electron chi connectivity index (χ0n) is 13.2. The van der Waals surface area contributed by atoms with Crippen molar-refractivity contribution >= 4 is 11.8 Å². The standard InChI is InChI=1S/C19H22N2OS/c20-11-4-5-13-22-18-8-6-7-17(15-18)16-21-12-14-23-19-9-2-1-3-10-19/h1-3,6-10,15,21H,4-5,12-14,16H2. The minimum absolute atomic E-state index is 0.542. The largest absolute Gasteiger partial charge is 0.494 e. The molecule has 2 aromatic carbocycles. The highest BCUT2D eigenvalue weighted by atomic mass is 32.2. The van der Waals surface area contributed by atoms with Crippen molar-refractivity contribution in [3.8, 4) is 11.8 Å². The van der Waals surface area contributed by atoms with Crippen molar-refractivity contribution in [1.29, 1.82) is 5.26 Å². The summed E-state index contributed by atoms with van der Waals surface area (Å²) in [6.07, 6.45) is 1.32. The van der Waals surface area contributed by atoms with E-state index in [1.165, 1.54) is 10.5 Å². The van der Waals surface area contributed by atoms with Gasteiger partial charge in [0.1, 0.15) is 5.75 Å². The van der Waals surface area contributed by atoms with Crippen LogP contribution in [0.5, 0.6) is 5.75 Å². The maximum Gasteiger partial charge on any atom is 0.119 e. The molecule has 2 rings (SSSR count). The van der Waals surface area contributed by atoms with Gasteiger partial charge in [-0.2, -0.15) is 5.26 Å². The highest BCUT2D eigenvalue weighted by Gasteiger charge is 1.98. The molecule has 0 spiro atoms. The molecule has 0 unspecified atom stereocenters. The molecule has 0 aliphatic rings. The van der Waals surface area contributed by atoms with Gasteiger partial charge in [0.05, 0.1) is 12.7 Å². The average Bonchev–Trinajstić information content (AvgIpc) is 2.60. The number of ether oxygens (including phenoxy) is 1. The maximum absolute atomic E-state index is 8.51. The van der Waals surface area contributed by atoms with Gasteiger partial charge in [0.2, 0.25) is 0 Å². The number of rotatable bonds is 10. The van der Waals surface area contributed by atoms with E-state index in [1.54, 1.807) is 0 Å². The SMILES string of the molecule is N#CCCCOc1cccc(CNCCSc2ccccc2)c1. The Morgan fingerprint density at radius 1 is 1.09 bits per heavy atom. The van der Waals surface area contributed by atoms with E-state index in [0.717, 1.165) is 31.0 Å². The molecule has 0 fully saturated rings. The lowest BCUT2D eigenvalue weighted by Gasteiger charge is -2.08. The third kappa shape index (κ3) is 7.23. The summed E-state index contributed by atoms with van der Waals surface area (Å²) >= 11 is 1.86. The minimum atomic E-state index is 0.542. The Morgan fingerprint density at radius 2 is 1.96 bits per heavy atom. The van der Waals surface area contributed by atoms with Gasteiger partial charge in [0, 0.05) is 30.2 Å². The zero-order valence-corrected chi connectivity index (χ0v) is 14.0. The number of hydrogen-bond donors (Lipinski definition) is 1. The zero-order chi connectivity index (χ0) is 16.2.